The number of nitrogens with zero attached hydrogens (tertiary/aromatic N) is 7. The Bertz CT molecular complexity index is 1660. The fourth-order valence-electron chi connectivity index (χ4n) is 4.66. The van der Waals surface area contributed by atoms with Crippen molar-refractivity contribution in [1.82, 2.24) is 39.4 Å². The summed E-state index contributed by atoms with van der Waals surface area (Å²) in [6.45, 7) is 5.89. The van der Waals surface area contributed by atoms with Gasteiger partial charge >= 0.3 is 0 Å². The van der Waals surface area contributed by atoms with Gasteiger partial charge in [-0.3, -0.25) is 9.48 Å². The number of ether oxygens (including phenoxy) is 1. The molecule has 1 saturated heterocycles. The Kier molecular flexibility index (Phi) is 5.89. The molecule has 1 atom stereocenters. The third-order valence-corrected chi connectivity index (χ3v) is 6.44. The van der Waals surface area contributed by atoms with E-state index in [4.69, 9.17) is 14.7 Å². The highest BCUT2D eigenvalue weighted by Gasteiger charge is 2.20. The molecule has 0 spiro atoms. The van der Waals surface area contributed by atoms with Crippen molar-refractivity contribution in [3.05, 3.63) is 71.8 Å². The Morgan fingerprint density at radius 2 is 2.16 bits per heavy atom. The zero-order valence-corrected chi connectivity index (χ0v) is 20.5. The van der Waals surface area contributed by atoms with Crippen LogP contribution in [-0.2, 0) is 13.6 Å². The highest BCUT2D eigenvalue weighted by atomic mass is 16.5. The maximum atomic E-state index is 13.3. The van der Waals surface area contributed by atoms with Crippen LogP contribution in [0.5, 0.6) is 5.88 Å². The average molecular weight is 498 g/mol. The number of nitrogens with one attached hydrogen (secondary N) is 2. The highest BCUT2D eigenvalue weighted by Crippen LogP contribution is 2.23. The summed E-state index contributed by atoms with van der Waals surface area (Å²) in [7, 11) is 1.90. The van der Waals surface area contributed by atoms with E-state index < -0.39 is 0 Å². The van der Waals surface area contributed by atoms with Gasteiger partial charge in [0.2, 0.25) is 11.8 Å². The van der Waals surface area contributed by atoms with Crippen molar-refractivity contribution < 1.29 is 4.74 Å². The van der Waals surface area contributed by atoms with E-state index in [2.05, 4.69) is 27.3 Å². The molecule has 1 aromatic carbocycles. The second kappa shape index (κ2) is 9.51. The molecule has 6 rings (SSSR count). The van der Waals surface area contributed by atoms with Crippen LogP contribution < -0.4 is 20.9 Å². The third-order valence-electron chi connectivity index (χ3n) is 6.44. The summed E-state index contributed by atoms with van der Waals surface area (Å²) in [5.41, 5.74) is 2.06. The number of anilines is 2. The van der Waals surface area contributed by atoms with Crippen LogP contribution in [0.25, 0.3) is 27.8 Å². The summed E-state index contributed by atoms with van der Waals surface area (Å²) in [6, 6.07) is 11.4. The van der Waals surface area contributed by atoms with Gasteiger partial charge in [-0.05, 0) is 43.7 Å². The molecule has 11 heteroatoms. The van der Waals surface area contributed by atoms with Crippen LogP contribution in [0.4, 0.5) is 11.6 Å². The van der Waals surface area contributed by atoms with E-state index in [9.17, 15) is 4.79 Å². The molecule has 1 fully saturated rings. The second-order valence-electron chi connectivity index (χ2n) is 9.01. The van der Waals surface area contributed by atoms with Gasteiger partial charge in [0.15, 0.2) is 11.5 Å². The van der Waals surface area contributed by atoms with Crippen LogP contribution >= 0.6 is 0 Å². The minimum atomic E-state index is -0.220. The van der Waals surface area contributed by atoms with E-state index in [1.54, 1.807) is 21.6 Å². The molecule has 0 unspecified atom stereocenters. The largest absolute Gasteiger partial charge is 0.473 e. The number of hydrogen-bond donors (Lipinski definition) is 2. The number of hydrogen-bond acceptors (Lipinski definition) is 8. The Labute approximate surface area is 212 Å². The highest BCUT2D eigenvalue weighted by molar-refractivity contribution is 5.83. The van der Waals surface area contributed by atoms with E-state index in [0.29, 0.717) is 28.7 Å². The molecule has 0 bridgehead atoms. The van der Waals surface area contributed by atoms with Gasteiger partial charge in [0.05, 0.1) is 18.3 Å². The summed E-state index contributed by atoms with van der Waals surface area (Å²) in [5.74, 6) is 1.39. The predicted molar refractivity (Wildman–Crippen MR) is 142 cm³/mol. The molecule has 4 aromatic heterocycles. The molecular formula is C26H27N9O2. The lowest BCUT2D eigenvalue weighted by Gasteiger charge is -2.23. The van der Waals surface area contributed by atoms with Gasteiger partial charge in [0.25, 0.3) is 5.56 Å². The molecule has 2 N–H and O–H groups in total. The monoisotopic (exact) mass is 497 g/mol. The van der Waals surface area contributed by atoms with Crippen LogP contribution in [0.3, 0.4) is 0 Å². The lowest BCUT2D eigenvalue weighted by Crippen LogP contribution is -2.37. The summed E-state index contributed by atoms with van der Waals surface area (Å²) < 4.78 is 11.2. The van der Waals surface area contributed by atoms with Gasteiger partial charge in [0, 0.05) is 36.9 Å². The van der Waals surface area contributed by atoms with Crippen LogP contribution in [-0.4, -0.2) is 53.3 Å². The summed E-state index contributed by atoms with van der Waals surface area (Å²) in [4.78, 5) is 27.1. The molecule has 1 aliphatic rings. The van der Waals surface area contributed by atoms with Gasteiger partial charge in [-0.2, -0.15) is 15.1 Å². The first-order valence-corrected chi connectivity index (χ1v) is 12.2. The number of allylic oxidation sites excluding steroid dienone is 1. The van der Waals surface area contributed by atoms with Crippen molar-refractivity contribution in [3.8, 4) is 11.7 Å². The summed E-state index contributed by atoms with van der Waals surface area (Å²) in [6.07, 6.45) is 7.11. The Hall–Kier alpha value is -4.51. The maximum Gasteiger partial charge on any atom is 0.278 e. The maximum absolute atomic E-state index is 13.3. The van der Waals surface area contributed by atoms with E-state index in [0.717, 1.165) is 42.5 Å². The lowest BCUT2D eigenvalue weighted by atomic mass is 10.1. The number of rotatable bonds is 7. The Morgan fingerprint density at radius 3 is 3.00 bits per heavy atom. The minimum Gasteiger partial charge on any atom is -0.473 e. The van der Waals surface area contributed by atoms with Crippen molar-refractivity contribution in [2.75, 3.05) is 18.4 Å². The lowest BCUT2D eigenvalue weighted by molar-refractivity contribution is 0.160. The standard InChI is InChI=1S/C26H27N9O2/c1-3-12-34-25(36)20-16-28-26(30-18-9-10-21-17(13-18)14-29-33(21)2)32-24(20)35(34)22-7-4-8-23(31-22)37-19-6-5-11-27-15-19/h3-4,7-10,13-14,16,19,27H,1,5-6,11-12,15H2,2H3,(H,28,30,32)/t19-/m1/s1. The van der Waals surface area contributed by atoms with Crippen molar-refractivity contribution >= 4 is 33.6 Å². The van der Waals surface area contributed by atoms with Gasteiger partial charge in [-0.1, -0.05) is 12.1 Å². The van der Waals surface area contributed by atoms with Gasteiger partial charge < -0.3 is 15.4 Å². The van der Waals surface area contributed by atoms with Crippen LogP contribution in [0.2, 0.25) is 0 Å². The number of aromatic nitrogens is 7. The fourth-order valence-corrected chi connectivity index (χ4v) is 4.66. The van der Waals surface area contributed by atoms with Crippen LogP contribution in [0, 0.1) is 0 Å². The van der Waals surface area contributed by atoms with Crippen molar-refractivity contribution in [2.24, 2.45) is 7.05 Å². The normalized spacial score (nSPS) is 15.8. The Balaban J connectivity index is 1.40. The molecule has 0 aliphatic carbocycles. The van der Waals surface area contributed by atoms with Gasteiger partial charge in [0.1, 0.15) is 11.5 Å². The van der Waals surface area contributed by atoms with Crippen LogP contribution in [0.15, 0.2) is 66.2 Å². The quantitative estimate of drug-likeness (QED) is 0.330. The minimum absolute atomic E-state index is 0.0588. The number of fused-ring (bicyclic) bond motifs is 2. The molecular weight excluding hydrogens is 470 g/mol. The second-order valence-corrected chi connectivity index (χ2v) is 9.01. The van der Waals surface area contributed by atoms with Crippen molar-refractivity contribution in [3.63, 3.8) is 0 Å². The molecule has 5 heterocycles. The fraction of sp³-hybridized carbons (Fsp3) is 0.269. The molecule has 0 saturated carbocycles. The Morgan fingerprint density at radius 1 is 1.24 bits per heavy atom. The van der Waals surface area contributed by atoms with E-state index >= 15 is 0 Å². The molecule has 0 radical (unpaired) electrons. The van der Waals surface area contributed by atoms with Crippen molar-refractivity contribution in [2.45, 2.75) is 25.5 Å². The molecule has 37 heavy (non-hydrogen) atoms. The third kappa shape index (κ3) is 4.33. The zero-order chi connectivity index (χ0) is 25.4. The molecule has 11 nitrogen and oxygen atoms in total. The molecule has 1 aliphatic heterocycles. The number of pyridine rings is 1. The zero-order valence-electron chi connectivity index (χ0n) is 20.5. The first kappa shape index (κ1) is 22.9. The first-order chi connectivity index (χ1) is 18.1. The topological polar surface area (TPSA) is 117 Å². The molecule has 5 aromatic rings. The summed E-state index contributed by atoms with van der Waals surface area (Å²) in [5, 5.41) is 12.3. The number of piperidine rings is 1. The smallest absolute Gasteiger partial charge is 0.278 e. The van der Waals surface area contributed by atoms with E-state index in [1.165, 1.54) is 0 Å². The number of benzene rings is 1. The van der Waals surface area contributed by atoms with Gasteiger partial charge in [-0.25, -0.2) is 14.3 Å². The SMILES string of the molecule is C=CCn1c(=O)c2cnc(Nc3ccc4c(cnn4C)c3)nc2n1-c1cccc(O[C@@H]2CCCNC2)n1. The first-order valence-electron chi connectivity index (χ1n) is 12.2. The van der Waals surface area contributed by atoms with E-state index in [1.807, 2.05) is 54.3 Å². The van der Waals surface area contributed by atoms with Gasteiger partial charge in [-0.15, -0.1) is 6.58 Å². The summed E-state index contributed by atoms with van der Waals surface area (Å²) >= 11 is 0. The molecule has 188 valence electrons. The molecule has 0 amide bonds. The van der Waals surface area contributed by atoms with E-state index in [-0.39, 0.29) is 18.2 Å². The average Bonchev–Trinajstić information content (AvgIpc) is 3.41. The van der Waals surface area contributed by atoms with Crippen molar-refractivity contribution in [1.29, 1.82) is 0 Å². The predicted octanol–water partition coefficient (Wildman–Crippen LogP) is 2.92. The van der Waals surface area contributed by atoms with Crippen LogP contribution in [0.1, 0.15) is 12.8 Å². The number of aryl methyl sites for hydroxylation is 1.